The summed E-state index contributed by atoms with van der Waals surface area (Å²) in [7, 11) is -3.21. The van der Waals surface area contributed by atoms with Crippen LogP contribution in [0, 0.1) is 12.8 Å². The molecule has 9 heteroatoms. The van der Waals surface area contributed by atoms with Gasteiger partial charge >= 0.3 is 0 Å². The van der Waals surface area contributed by atoms with E-state index in [1.807, 2.05) is 18.5 Å². The molecule has 0 amide bonds. The van der Waals surface area contributed by atoms with Crippen LogP contribution >= 0.6 is 11.3 Å². The van der Waals surface area contributed by atoms with Crippen molar-refractivity contribution in [1.29, 1.82) is 0 Å². The van der Waals surface area contributed by atoms with Crippen molar-refractivity contribution in [2.45, 2.75) is 31.9 Å². The van der Waals surface area contributed by atoms with Gasteiger partial charge in [0.2, 0.25) is 10.0 Å². The van der Waals surface area contributed by atoms with Crippen molar-refractivity contribution in [3.63, 3.8) is 0 Å². The molecule has 0 saturated carbocycles. The van der Waals surface area contributed by atoms with Gasteiger partial charge in [-0.25, -0.2) is 17.7 Å². The average Bonchev–Trinajstić information content (AvgIpc) is 3.09. The fourth-order valence-electron chi connectivity index (χ4n) is 4.13. The lowest BCUT2D eigenvalue weighted by Crippen LogP contribution is -2.60. The molecule has 0 aromatic carbocycles. The number of fused-ring (bicyclic) bond motifs is 2. The minimum Gasteiger partial charge on any atom is -0.389 e. The van der Waals surface area contributed by atoms with E-state index in [1.54, 1.807) is 11.3 Å². The van der Waals surface area contributed by atoms with E-state index in [0.717, 1.165) is 23.7 Å². The van der Waals surface area contributed by atoms with Gasteiger partial charge in [-0.2, -0.15) is 0 Å². The minimum atomic E-state index is -3.21. The maximum Gasteiger partial charge on any atom is 0.211 e. The summed E-state index contributed by atoms with van der Waals surface area (Å²) in [6, 6.07) is 0. The maximum absolute atomic E-state index is 11.9. The van der Waals surface area contributed by atoms with Crippen LogP contribution in [0.5, 0.6) is 0 Å². The van der Waals surface area contributed by atoms with Gasteiger partial charge in [-0.3, -0.25) is 9.30 Å². The topological polar surface area (TPSA) is 78.2 Å². The second kappa shape index (κ2) is 6.02. The Bertz CT molecular complexity index is 890. The Morgan fingerprint density at radius 3 is 2.88 bits per heavy atom. The van der Waals surface area contributed by atoms with Crippen molar-refractivity contribution >= 4 is 26.3 Å². The first-order valence-corrected chi connectivity index (χ1v) is 11.3. The van der Waals surface area contributed by atoms with Crippen molar-refractivity contribution in [3.05, 3.63) is 23.0 Å². The minimum absolute atomic E-state index is 0.0454. The van der Waals surface area contributed by atoms with Gasteiger partial charge in [0.1, 0.15) is 0 Å². The summed E-state index contributed by atoms with van der Waals surface area (Å²) in [6.07, 6.45) is 4.52. The normalized spacial score (nSPS) is 29.2. The third-order valence-corrected chi connectivity index (χ3v) is 7.75. The lowest BCUT2D eigenvalue weighted by molar-refractivity contribution is -0.103. The molecule has 25 heavy (non-hydrogen) atoms. The number of sulfonamides is 1. The van der Waals surface area contributed by atoms with Gasteiger partial charge in [0.15, 0.2) is 4.96 Å². The molecule has 4 rings (SSSR count). The molecule has 2 saturated heterocycles. The van der Waals surface area contributed by atoms with Crippen molar-refractivity contribution in [2.24, 2.45) is 5.92 Å². The van der Waals surface area contributed by atoms with Gasteiger partial charge in [0.05, 0.1) is 23.2 Å². The van der Waals surface area contributed by atoms with Crippen molar-refractivity contribution < 1.29 is 13.5 Å². The van der Waals surface area contributed by atoms with Crippen LogP contribution in [0.15, 0.2) is 11.6 Å². The first-order valence-electron chi connectivity index (χ1n) is 8.57. The molecule has 2 fully saturated rings. The first-order chi connectivity index (χ1) is 11.8. The molecule has 2 aliphatic rings. The van der Waals surface area contributed by atoms with Gasteiger partial charge in [-0.1, -0.05) is 0 Å². The highest BCUT2D eigenvalue weighted by Gasteiger charge is 2.46. The van der Waals surface area contributed by atoms with Crippen molar-refractivity contribution in [3.8, 4) is 0 Å². The standard InChI is InChI=1S/C16H24N4O3S2/c1-12-14(20-7-8-24-15(20)17-12)11-18-5-3-16(21)4-6-19(25(2,22)23)10-13(16)9-18/h7-8,13,21H,3-6,9-11H2,1-2H3/t13-,16-/m1/s1. The number of rotatable bonds is 3. The number of aromatic nitrogens is 2. The Balaban J connectivity index is 1.52. The largest absolute Gasteiger partial charge is 0.389 e. The fourth-order valence-corrected chi connectivity index (χ4v) is 5.78. The monoisotopic (exact) mass is 384 g/mol. The fraction of sp³-hybridized carbons (Fsp3) is 0.688. The number of nitrogens with zero attached hydrogens (tertiary/aromatic N) is 4. The van der Waals surface area contributed by atoms with Crippen LogP contribution in [-0.4, -0.2) is 70.1 Å². The molecule has 2 aliphatic heterocycles. The smallest absolute Gasteiger partial charge is 0.211 e. The molecular formula is C16H24N4O3S2. The van der Waals surface area contributed by atoms with Crippen LogP contribution in [0.4, 0.5) is 0 Å². The molecule has 0 spiro atoms. The Labute approximate surface area is 151 Å². The molecule has 138 valence electrons. The molecule has 2 aromatic rings. The third kappa shape index (κ3) is 3.12. The summed E-state index contributed by atoms with van der Waals surface area (Å²) in [4.78, 5) is 7.92. The summed E-state index contributed by atoms with van der Waals surface area (Å²) in [6.45, 7) is 5.16. The number of likely N-dealkylation sites (tertiary alicyclic amines) is 1. The number of hydrogen-bond donors (Lipinski definition) is 1. The number of aliphatic hydroxyl groups is 1. The van der Waals surface area contributed by atoms with E-state index in [4.69, 9.17) is 0 Å². The molecule has 2 aromatic heterocycles. The number of hydrogen-bond acceptors (Lipinski definition) is 6. The van der Waals surface area contributed by atoms with Gasteiger partial charge in [0.25, 0.3) is 0 Å². The molecule has 0 unspecified atom stereocenters. The number of piperidine rings is 2. The van der Waals surface area contributed by atoms with E-state index in [1.165, 1.54) is 16.3 Å². The number of imidazole rings is 1. The summed E-state index contributed by atoms with van der Waals surface area (Å²) in [5, 5.41) is 13.0. The second-order valence-corrected chi connectivity index (χ2v) is 10.2. The quantitative estimate of drug-likeness (QED) is 0.852. The van der Waals surface area contributed by atoms with E-state index in [9.17, 15) is 13.5 Å². The zero-order valence-electron chi connectivity index (χ0n) is 14.6. The first kappa shape index (κ1) is 17.4. The zero-order chi connectivity index (χ0) is 17.8. The molecule has 1 N–H and O–H groups in total. The number of thiazole rings is 1. The molecule has 0 radical (unpaired) electrons. The number of aryl methyl sites for hydroxylation is 1. The van der Waals surface area contributed by atoms with Crippen LogP contribution in [0.2, 0.25) is 0 Å². The Kier molecular flexibility index (Phi) is 4.19. The van der Waals surface area contributed by atoms with Crippen LogP contribution in [0.25, 0.3) is 4.96 Å². The summed E-state index contributed by atoms with van der Waals surface area (Å²) in [5.74, 6) is -0.0454. The van der Waals surface area contributed by atoms with E-state index < -0.39 is 15.6 Å². The SMILES string of the molecule is Cc1nc2sccn2c1CN1CC[C@@]2(O)CCN(S(C)(=O)=O)C[C@H]2C1. The van der Waals surface area contributed by atoms with E-state index in [-0.39, 0.29) is 5.92 Å². The van der Waals surface area contributed by atoms with E-state index >= 15 is 0 Å². The molecule has 7 nitrogen and oxygen atoms in total. The van der Waals surface area contributed by atoms with Crippen LogP contribution in [-0.2, 0) is 16.6 Å². The lowest BCUT2D eigenvalue weighted by Gasteiger charge is -2.49. The van der Waals surface area contributed by atoms with Crippen LogP contribution < -0.4 is 0 Å². The predicted molar refractivity (Wildman–Crippen MR) is 97.2 cm³/mol. The molecule has 4 heterocycles. The summed E-state index contributed by atoms with van der Waals surface area (Å²) < 4.78 is 27.4. The molecular weight excluding hydrogens is 360 g/mol. The van der Waals surface area contributed by atoms with E-state index in [0.29, 0.717) is 32.5 Å². The Hall–Kier alpha value is -1.00. The van der Waals surface area contributed by atoms with Gasteiger partial charge in [-0.05, 0) is 19.8 Å². The van der Waals surface area contributed by atoms with Crippen molar-refractivity contribution in [2.75, 3.05) is 32.4 Å². The Morgan fingerprint density at radius 2 is 2.12 bits per heavy atom. The Morgan fingerprint density at radius 1 is 1.36 bits per heavy atom. The molecule has 0 aliphatic carbocycles. The average molecular weight is 385 g/mol. The molecule has 0 bridgehead atoms. The van der Waals surface area contributed by atoms with Gasteiger partial charge in [-0.15, -0.1) is 11.3 Å². The summed E-state index contributed by atoms with van der Waals surface area (Å²) in [5.41, 5.74) is 1.48. The summed E-state index contributed by atoms with van der Waals surface area (Å²) >= 11 is 1.62. The highest BCUT2D eigenvalue weighted by Crippen LogP contribution is 2.36. The maximum atomic E-state index is 11.9. The van der Waals surface area contributed by atoms with E-state index in [2.05, 4.69) is 14.3 Å². The zero-order valence-corrected chi connectivity index (χ0v) is 16.2. The van der Waals surface area contributed by atoms with Gasteiger partial charge < -0.3 is 5.11 Å². The molecule has 2 atom stereocenters. The highest BCUT2D eigenvalue weighted by atomic mass is 32.2. The predicted octanol–water partition coefficient (Wildman–Crippen LogP) is 0.923. The second-order valence-electron chi connectivity index (χ2n) is 7.36. The third-order valence-electron chi connectivity index (χ3n) is 5.72. The van der Waals surface area contributed by atoms with Gasteiger partial charge in [0, 0.05) is 50.2 Å². The van der Waals surface area contributed by atoms with Crippen molar-refractivity contribution in [1.82, 2.24) is 18.6 Å². The highest BCUT2D eigenvalue weighted by molar-refractivity contribution is 7.88. The van der Waals surface area contributed by atoms with Crippen LogP contribution in [0.3, 0.4) is 0 Å². The van der Waals surface area contributed by atoms with Crippen LogP contribution in [0.1, 0.15) is 24.2 Å². The lowest BCUT2D eigenvalue weighted by atomic mass is 9.76.